The van der Waals surface area contributed by atoms with Gasteiger partial charge in [0, 0.05) is 17.3 Å². The van der Waals surface area contributed by atoms with Gasteiger partial charge < -0.3 is 5.32 Å². The summed E-state index contributed by atoms with van der Waals surface area (Å²) in [4.78, 5) is 16.4. The van der Waals surface area contributed by atoms with E-state index in [1.54, 1.807) is 18.5 Å². The molecule has 0 bridgehead atoms. The fourth-order valence-electron chi connectivity index (χ4n) is 2.88. The smallest absolute Gasteiger partial charge is 0.274 e. The summed E-state index contributed by atoms with van der Waals surface area (Å²) in [6.07, 6.45) is 5.04. The van der Waals surface area contributed by atoms with E-state index in [2.05, 4.69) is 32.6 Å². The van der Waals surface area contributed by atoms with Crippen LogP contribution in [-0.4, -0.2) is 21.1 Å². The molecule has 0 saturated carbocycles. The highest BCUT2D eigenvalue weighted by atomic mass is 16.1. The number of carbonyl (C=O) groups is 1. The molecule has 0 unspecified atom stereocenters. The van der Waals surface area contributed by atoms with E-state index >= 15 is 0 Å². The summed E-state index contributed by atoms with van der Waals surface area (Å²) in [5, 5.41) is 10.1. The number of anilines is 1. The third-order valence-electron chi connectivity index (χ3n) is 3.93. The van der Waals surface area contributed by atoms with Gasteiger partial charge in [-0.3, -0.25) is 14.9 Å². The largest absolute Gasteiger partial charge is 0.319 e. The highest BCUT2D eigenvalue weighted by Crippen LogP contribution is 2.33. The average Bonchev–Trinajstić information content (AvgIpc) is 3.00. The number of nitrogens with one attached hydrogen (secondary N) is 2. The first kappa shape index (κ1) is 12.8. The minimum atomic E-state index is -0.180. The van der Waals surface area contributed by atoms with Crippen molar-refractivity contribution in [1.29, 1.82) is 0 Å². The number of carbonyl (C=O) groups excluding carboxylic acids is 1. The molecule has 108 valence electrons. The van der Waals surface area contributed by atoms with Gasteiger partial charge in [0.15, 0.2) is 0 Å². The van der Waals surface area contributed by atoms with Crippen LogP contribution in [-0.2, 0) is 12.8 Å². The maximum atomic E-state index is 12.4. The van der Waals surface area contributed by atoms with Crippen LogP contribution in [0.1, 0.15) is 21.6 Å². The number of aromatic amines is 1. The predicted molar refractivity (Wildman–Crippen MR) is 83.6 cm³/mol. The van der Waals surface area contributed by atoms with E-state index in [0.717, 1.165) is 29.7 Å². The second kappa shape index (κ2) is 5.11. The minimum absolute atomic E-state index is 0.180. The molecule has 0 atom stereocenters. The van der Waals surface area contributed by atoms with E-state index < -0.39 is 0 Å². The molecule has 5 heteroatoms. The van der Waals surface area contributed by atoms with Crippen molar-refractivity contribution in [3.05, 3.63) is 65.6 Å². The van der Waals surface area contributed by atoms with Gasteiger partial charge in [-0.15, -0.1) is 0 Å². The summed E-state index contributed by atoms with van der Waals surface area (Å²) >= 11 is 0. The lowest BCUT2D eigenvalue weighted by Gasteiger charge is -2.15. The van der Waals surface area contributed by atoms with Crippen molar-refractivity contribution >= 4 is 11.6 Å². The van der Waals surface area contributed by atoms with E-state index in [-0.39, 0.29) is 5.91 Å². The Morgan fingerprint density at radius 3 is 2.91 bits per heavy atom. The first-order chi connectivity index (χ1) is 10.8. The van der Waals surface area contributed by atoms with Crippen molar-refractivity contribution in [2.45, 2.75) is 12.8 Å². The molecule has 0 spiro atoms. The number of aromatic nitrogens is 3. The summed E-state index contributed by atoms with van der Waals surface area (Å²) in [6, 6.07) is 11.8. The second-order valence-corrected chi connectivity index (χ2v) is 5.28. The third-order valence-corrected chi connectivity index (χ3v) is 3.93. The number of H-pyrrole nitrogens is 1. The average molecular weight is 290 g/mol. The zero-order valence-electron chi connectivity index (χ0n) is 11.8. The molecule has 1 amide bonds. The topological polar surface area (TPSA) is 70.7 Å². The summed E-state index contributed by atoms with van der Waals surface area (Å²) in [5.74, 6) is -0.180. The monoisotopic (exact) mass is 290 g/mol. The van der Waals surface area contributed by atoms with E-state index in [4.69, 9.17) is 0 Å². The predicted octanol–water partition coefficient (Wildman–Crippen LogP) is 2.82. The number of amides is 1. The van der Waals surface area contributed by atoms with Crippen LogP contribution in [0.2, 0.25) is 0 Å². The normalized spacial score (nSPS) is 12.4. The van der Waals surface area contributed by atoms with Gasteiger partial charge in [-0.25, -0.2) is 0 Å². The Bertz CT molecular complexity index is 839. The van der Waals surface area contributed by atoms with Crippen LogP contribution in [0, 0.1) is 0 Å². The fraction of sp³-hybridized carbons (Fsp3) is 0.118. The molecule has 2 heterocycles. The van der Waals surface area contributed by atoms with Gasteiger partial charge in [-0.2, -0.15) is 5.10 Å². The van der Waals surface area contributed by atoms with Gasteiger partial charge in [-0.05, 0) is 30.5 Å². The van der Waals surface area contributed by atoms with Crippen LogP contribution in [0.3, 0.4) is 0 Å². The molecule has 5 nitrogen and oxygen atoms in total. The molecule has 2 aromatic heterocycles. The Morgan fingerprint density at radius 2 is 2.05 bits per heavy atom. The lowest BCUT2D eigenvalue weighted by atomic mass is 9.89. The Balaban J connectivity index is 1.69. The number of rotatable bonds is 2. The molecule has 0 radical (unpaired) electrons. The van der Waals surface area contributed by atoms with Gasteiger partial charge in [0.25, 0.3) is 5.91 Å². The molecule has 1 aromatic carbocycles. The molecular formula is C17H14N4O. The molecule has 2 N–H and O–H groups in total. The van der Waals surface area contributed by atoms with Crippen LogP contribution in [0.5, 0.6) is 0 Å². The first-order valence-electron chi connectivity index (χ1n) is 7.20. The van der Waals surface area contributed by atoms with Gasteiger partial charge >= 0.3 is 0 Å². The highest BCUT2D eigenvalue weighted by molar-refractivity contribution is 6.05. The lowest BCUT2D eigenvalue weighted by molar-refractivity contribution is 0.102. The summed E-state index contributed by atoms with van der Waals surface area (Å²) in [6.45, 7) is 0. The zero-order valence-corrected chi connectivity index (χ0v) is 11.8. The fourth-order valence-corrected chi connectivity index (χ4v) is 2.88. The van der Waals surface area contributed by atoms with E-state index in [9.17, 15) is 4.79 Å². The molecule has 0 aliphatic heterocycles. The lowest BCUT2D eigenvalue weighted by Crippen LogP contribution is -2.15. The van der Waals surface area contributed by atoms with E-state index in [1.165, 1.54) is 5.56 Å². The summed E-state index contributed by atoms with van der Waals surface area (Å²) in [5.41, 5.74) is 5.47. The summed E-state index contributed by atoms with van der Waals surface area (Å²) in [7, 11) is 0. The van der Waals surface area contributed by atoms with Crippen LogP contribution in [0.25, 0.3) is 11.3 Å². The van der Waals surface area contributed by atoms with Crippen LogP contribution in [0.15, 0.2) is 48.8 Å². The summed E-state index contributed by atoms with van der Waals surface area (Å²) < 4.78 is 0. The molecule has 1 aliphatic carbocycles. The molecule has 4 rings (SSSR count). The van der Waals surface area contributed by atoms with Gasteiger partial charge in [0.1, 0.15) is 5.69 Å². The molecule has 22 heavy (non-hydrogen) atoms. The Labute approximate surface area is 127 Å². The third kappa shape index (κ3) is 2.07. The number of fused-ring (bicyclic) bond motifs is 3. The molecular weight excluding hydrogens is 276 g/mol. The molecule has 1 aliphatic rings. The first-order valence-corrected chi connectivity index (χ1v) is 7.20. The number of benzene rings is 1. The standard InChI is InChI=1S/C17H14N4O/c22-17(19-12-5-3-9-18-10-12)16-14-8-7-11-4-1-2-6-13(11)15(14)20-21-16/h1-6,9-10H,7-8H2,(H,19,22)(H,20,21). The van der Waals surface area contributed by atoms with Crippen molar-refractivity contribution in [3.8, 4) is 11.3 Å². The second-order valence-electron chi connectivity index (χ2n) is 5.28. The zero-order chi connectivity index (χ0) is 14.9. The molecule has 0 saturated heterocycles. The maximum Gasteiger partial charge on any atom is 0.274 e. The quantitative estimate of drug-likeness (QED) is 0.762. The van der Waals surface area contributed by atoms with Crippen molar-refractivity contribution in [2.75, 3.05) is 5.32 Å². The number of hydrogen-bond donors (Lipinski definition) is 2. The van der Waals surface area contributed by atoms with Crippen LogP contribution < -0.4 is 5.32 Å². The molecule has 0 fully saturated rings. The van der Waals surface area contributed by atoms with Crippen molar-refractivity contribution in [3.63, 3.8) is 0 Å². The van der Waals surface area contributed by atoms with Crippen LogP contribution in [0.4, 0.5) is 5.69 Å². The van der Waals surface area contributed by atoms with Gasteiger partial charge in [-0.1, -0.05) is 24.3 Å². The Hall–Kier alpha value is -2.95. The Morgan fingerprint density at radius 1 is 1.14 bits per heavy atom. The SMILES string of the molecule is O=C(Nc1cccnc1)c1[nH]nc2c1CCc1ccccc1-2. The molecule has 3 aromatic rings. The number of hydrogen-bond acceptors (Lipinski definition) is 3. The van der Waals surface area contributed by atoms with Crippen LogP contribution >= 0.6 is 0 Å². The number of aryl methyl sites for hydroxylation is 1. The van der Waals surface area contributed by atoms with E-state index in [0.29, 0.717) is 11.4 Å². The Kier molecular flexibility index (Phi) is 2.96. The van der Waals surface area contributed by atoms with Crippen molar-refractivity contribution in [1.82, 2.24) is 15.2 Å². The number of nitrogens with zero attached hydrogens (tertiary/aromatic N) is 2. The highest BCUT2D eigenvalue weighted by Gasteiger charge is 2.24. The van der Waals surface area contributed by atoms with Crippen molar-refractivity contribution < 1.29 is 4.79 Å². The van der Waals surface area contributed by atoms with Gasteiger partial charge in [0.2, 0.25) is 0 Å². The van der Waals surface area contributed by atoms with Crippen molar-refractivity contribution in [2.24, 2.45) is 0 Å². The number of pyridine rings is 1. The van der Waals surface area contributed by atoms with Gasteiger partial charge in [0.05, 0.1) is 17.6 Å². The minimum Gasteiger partial charge on any atom is -0.319 e. The van der Waals surface area contributed by atoms with E-state index in [1.807, 2.05) is 18.2 Å². The maximum absolute atomic E-state index is 12.4.